The first-order chi connectivity index (χ1) is 9.18. The van der Waals surface area contributed by atoms with E-state index in [1.807, 2.05) is 6.20 Å². The lowest BCUT2D eigenvalue weighted by Crippen LogP contribution is -2.50. The Hall–Kier alpha value is -0.830. The number of hydrogen-bond acceptors (Lipinski definition) is 2. The van der Waals surface area contributed by atoms with Gasteiger partial charge in [0.25, 0.3) is 0 Å². The van der Waals surface area contributed by atoms with Crippen LogP contribution in [0.2, 0.25) is 0 Å². The zero-order valence-corrected chi connectivity index (χ0v) is 11.9. The van der Waals surface area contributed by atoms with Crippen LogP contribution in [0.5, 0.6) is 0 Å². The second kappa shape index (κ2) is 4.08. The average molecular weight is 259 g/mol. The highest BCUT2D eigenvalue weighted by Gasteiger charge is 2.54. The minimum absolute atomic E-state index is 0.453. The van der Waals surface area contributed by atoms with Crippen molar-refractivity contribution >= 4 is 0 Å². The maximum absolute atomic E-state index is 6.18. The Kier molecular flexibility index (Phi) is 2.57. The van der Waals surface area contributed by atoms with Crippen LogP contribution < -0.4 is 5.73 Å². The molecule has 1 atom stereocenters. The second-order valence-corrected chi connectivity index (χ2v) is 7.52. The van der Waals surface area contributed by atoms with E-state index in [2.05, 4.69) is 16.9 Å². The largest absolute Gasteiger partial charge is 0.346 e. The van der Waals surface area contributed by atoms with Crippen LogP contribution in [-0.4, -0.2) is 16.5 Å². The Balaban J connectivity index is 1.69. The molecule has 0 radical (unpaired) electrons. The van der Waals surface area contributed by atoms with Crippen LogP contribution in [0, 0.1) is 30.1 Å². The first kappa shape index (κ1) is 12.0. The fraction of sp³-hybridized carbons (Fsp3) is 0.812. The predicted molar refractivity (Wildman–Crippen MR) is 75.7 cm³/mol. The summed E-state index contributed by atoms with van der Waals surface area (Å²) in [7, 11) is 0. The van der Waals surface area contributed by atoms with E-state index in [-0.39, 0.29) is 0 Å². The van der Waals surface area contributed by atoms with Crippen LogP contribution in [0.4, 0.5) is 0 Å². The number of nitrogens with zero attached hydrogens (tertiary/aromatic N) is 1. The van der Waals surface area contributed by atoms with Gasteiger partial charge in [-0.15, -0.1) is 0 Å². The van der Waals surface area contributed by atoms with E-state index < -0.39 is 0 Å². The molecule has 4 fully saturated rings. The molecule has 0 spiro atoms. The number of aryl methyl sites for hydroxylation is 1. The summed E-state index contributed by atoms with van der Waals surface area (Å²) in [6.07, 6.45) is 10.6. The molecule has 1 aromatic heterocycles. The van der Waals surface area contributed by atoms with Crippen LogP contribution >= 0.6 is 0 Å². The third-order valence-corrected chi connectivity index (χ3v) is 6.11. The first-order valence-corrected chi connectivity index (χ1v) is 7.90. The van der Waals surface area contributed by atoms with Crippen LogP contribution in [0.3, 0.4) is 0 Å². The Morgan fingerprint density at radius 1 is 1.26 bits per heavy atom. The van der Waals surface area contributed by atoms with Crippen molar-refractivity contribution in [1.82, 2.24) is 9.97 Å². The molecule has 4 aliphatic carbocycles. The van der Waals surface area contributed by atoms with Crippen LogP contribution in [0.25, 0.3) is 0 Å². The van der Waals surface area contributed by atoms with E-state index in [1.54, 1.807) is 0 Å². The number of nitrogens with one attached hydrogen (secondary N) is 1. The molecule has 5 rings (SSSR count). The molecule has 4 bridgehead atoms. The minimum Gasteiger partial charge on any atom is -0.346 e. The quantitative estimate of drug-likeness (QED) is 0.876. The molecule has 104 valence electrons. The molecule has 19 heavy (non-hydrogen) atoms. The van der Waals surface area contributed by atoms with Gasteiger partial charge in [0.15, 0.2) is 0 Å². The van der Waals surface area contributed by atoms with Gasteiger partial charge in [-0.2, -0.15) is 0 Å². The smallest absolute Gasteiger partial charge is 0.111 e. The van der Waals surface area contributed by atoms with Gasteiger partial charge >= 0.3 is 0 Å². The Labute approximate surface area is 115 Å². The van der Waals surface area contributed by atoms with Gasteiger partial charge in [0.05, 0.1) is 0 Å². The third-order valence-electron chi connectivity index (χ3n) is 6.11. The van der Waals surface area contributed by atoms with Crippen molar-refractivity contribution in [3.8, 4) is 0 Å². The monoisotopic (exact) mass is 259 g/mol. The van der Waals surface area contributed by atoms with Gasteiger partial charge in [-0.05, 0) is 68.6 Å². The lowest BCUT2D eigenvalue weighted by Gasteiger charge is -2.59. The highest BCUT2D eigenvalue weighted by atomic mass is 14.9. The summed E-state index contributed by atoms with van der Waals surface area (Å²) in [5.41, 5.74) is 7.81. The summed E-state index contributed by atoms with van der Waals surface area (Å²) >= 11 is 0. The predicted octanol–water partition coefficient (Wildman–Crippen LogP) is 2.98. The number of rotatable bonds is 3. The molecule has 0 amide bonds. The highest BCUT2D eigenvalue weighted by Crippen LogP contribution is 2.64. The van der Waals surface area contributed by atoms with E-state index in [0.29, 0.717) is 11.3 Å². The summed E-state index contributed by atoms with van der Waals surface area (Å²) in [5.74, 6) is 4.56. The Morgan fingerprint density at radius 2 is 1.84 bits per heavy atom. The van der Waals surface area contributed by atoms with E-state index in [1.165, 1.54) is 38.5 Å². The SMILES string of the molecule is Cc1cnc(C(CN)C23CC4CC(CC(C4)C2)C3)[nH]1. The molecule has 1 aromatic rings. The molecule has 3 N–H and O–H groups in total. The average Bonchev–Trinajstić information content (AvgIpc) is 2.74. The number of H-pyrrole nitrogens is 1. The molecule has 3 nitrogen and oxygen atoms in total. The first-order valence-electron chi connectivity index (χ1n) is 7.90. The minimum atomic E-state index is 0.453. The van der Waals surface area contributed by atoms with Crippen molar-refractivity contribution in [2.24, 2.45) is 28.9 Å². The zero-order chi connectivity index (χ0) is 13.0. The van der Waals surface area contributed by atoms with Gasteiger partial charge in [-0.25, -0.2) is 4.98 Å². The van der Waals surface area contributed by atoms with Crippen molar-refractivity contribution in [2.75, 3.05) is 6.54 Å². The normalized spacial score (nSPS) is 41.7. The fourth-order valence-electron chi connectivity index (χ4n) is 5.87. The molecule has 4 saturated carbocycles. The summed E-state index contributed by atoms with van der Waals surface area (Å²) in [6, 6.07) is 0. The maximum Gasteiger partial charge on any atom is 0.111 e. The van der Waals surface area contributed by atoms with Crippen molar-refractivity contribution in [2.45, 2.75) is 51.4 Å². The van der Waals surface area contributed by atoms with Crippen molar-refractivity contribution in [3.05, 3.63) is 17.7 Å². The van der Waals surface area contributed by atoms with E-state index in [9.17, 15) is 0 Å². The third kappa shape index (κ3) is 1.78. The van der Waals surface area contributed by atoms with Crippen LogP contribution in [-0.2, 0) is 0 Å². The lowest BCUT2D eigenvalue weighted by atomic mass is 9.46. The molecule has 0 aliphatic heterocycles. The molecule has 4 aliphatic rings. The van der Waals surface area contributed by atoms with Gasteiger partial charge in [0.2, 0.25) is 0 Å². The van der Waals surface area contributed by atoms with Crippen molar-refractivity contribution in [3.63, 3.8) is 0 Å². The molecule has 1 unspecified atom stereocenters. The lowest BCUT2D eigenvalue weighted by molar-refractivity contribution is -0.0683. The van der Waals surface area contributed by atoms with Crippen LogP contribution in [0.15, 0.2) is 6.20 Å². The summed E-state index contributed by atoms with van der Waals surface area (Å²) in [6.45, 7) is 2.84. The van der Waals surface area contributed by atoms with Gasteiger partial charge in [0, 0.05) is 24.4 Å². The second-order valence-electron chi connectivity index (χ2n) is 7.52. The maximum atomic E-state index is 6.18. The molecule has 3 heteroatoms. The van der Waals surface area contributed by atoms with Crippen molar-refractivity contribution in [1.29, 1.82) is 0 Å². The molecular weight excluding hydrogens is 234 g/mol. The summed E-state index contributed by atoms with van der Waals surface area (Å²) in [4.78, 5) is 8.07. The fourth-order valence-corrected chi connectivity index (χ4v) is 5.87. The summed E-state index contributed by atoms with van der Waals surface area (Å²) in [5, 5.41) is 0. The van der Waals surface area contributed by atoms with E-state index in [4.69, 9.17) is 5.73 Å². The Bertz CT molecular complexity index is 441. The van der Waals surface area contributed by atoms with Gasteiger partial charge in [0.1, 0.15) is 5.82 Å². The molecular formula is C16H25N3. The zero-order valence-electron chi connectivity index (χ0n) is 11.9. The molecule has 0 saturated heterocycles. The molecule has 0 aromatic carbocycles. The van der Waals surface area contributed by atoms with E-state index in [0.717, 1.165) is 35.8 Å². The number of nitrogens with two attached hydrogens (primary N) is 1. The number of aromatic nitrogens is 2. The topological polar surface area (TPSA) is 54.7 Å². The van der Waals surface area contributed by atoms with Gasteiger partial charge < -0.3 is 10.7 Å². The standard InChI is InChI=1S/C16H25N3/c1-10-9-18-15(19-10)14(8-17)16-5-11-2-12(6-16)4-13(3-11)7-16/h9,11-14H,2-8,17H2,1H3,(H,18,19). The molecule has 1 heterocycles. The highest BCUT2D eigenvalue weighted by molar-refractivity contribution is 5.14. The van der Waals surface area contributed by atoms with Crippen molar-refractivity contribution < 1.29 is 0 Å². The number of hydrogen-bond donors (Lipinski definition) is 2. The van der Waals surface area contributed by atoms with Crippen LogP contribution in [0.1, 0.15) is 56.0 Å². The number of imidazole rings is 1. The van der Waals surface area contributed by atoms with Gasteiger partial charge in [-0.1, -0.05) is 0 Å². The Morgan fingerprint density at radius 3 is 2.26 bits per heavy atom. The summed E-state index contributed by atoms with van der Waals surface area (Å²) < 4.78 is 0. The number of aromatic amines is 1. The van der Waals surface area contributed by atoms with Gasteiger partial charge in [-0.3, -0.25) is 0 Å². The van der Waals surface area contributed by atoms with E-state index >= 15 is 0 Å².